The Labute approximate surface area is 160 Å². The predicted octanol–water partition coefficient (Wildman–Crippen LogP) is -0.670. The van der Waals surface area contributed by atoms with Gasteiger partial charge in [0.2, 0.25) is 0 Å². The Bertz CT molecular complexity index is 763. The van der Waals surface area contributed by atoms with Crippen LogP contribution in [0.15, 0.2) is 6.07 Å². The van der Waals surface area contributed by atoms with Crippen molar-refractivity contribution in [3.8, 4) is 0 Å². The number of guanidine groups is 1. The Morgan fingerprint density at radius 3 is 2.25 bits per heavy atom. The molecule has 8 N–H and O–H groups in total. The summed E-state index contributed by atoms with van der Waals surface area (Å²) >= 11 is 0. The third-order valence-corrected chi connectivity index (χ3v) is 4.17. The fraction of sp³-hybridized carbons (Fsp3) is 0.471. The summed E-state index contributed by atoms with van der Waals surface area (Å²) in [6.07, 6.45) is -1.28. The number of aliphatic hydroxyl groups is 2. The molecule has 1 aromatic heterocycles. The molecule has 2 rings (SSSR count). The molecule has 1 amide bonds. The predicted molar refractivity (Wildman–Crippen MR) is 97.0 cm³/mol. The van der Waals surface area contributed by atoms with Crippen LogP contribution in [0.2, 0.25) is 0 Å². The van der Waals surface area contributed by atoms with E-state index in [2.05, 4.69) is 17.2 Å². The molecular weight excluding hydrogens is 372 g/mol. The van der Waals surface area contributed by atoms with Crippen LogP contribution in [0, 0.1) is 12.3 Å². The molecule has 154 valence electrons. The molecule has 1 aliphatic rings. The summed E-state index contributed by atoms with van der Waals surface area (Å²) in [6.45, 7) is 3.98. The molecule has 3 unspecified atom stereocenters. The highest BCUT2D eigenvalue weighted by Crippen LogP contribution is 2.30. The fourth-order valence-electron chi connectivity index (χ4n) is 2.72. The minimum Gasteiger partial charge on any atom is -0.479 e. The molecule has 11 nitrogen and oxygen atoms in total. The minimum absolute atomic E-state index is 0.342. The maximum Gasteiger partial charge on any atom is 0.335 e. The van der Waals surface area contributed by atoms with E-state index >= 15 is 0 Å². The van der Waals surface area contributed by atoms with E-state index in [4.69, 9.17) is 31.6 Å². The monoisotopic (exact) mass is 396 g/mol. The summed E-state index contributed by atoms with van der Waals surface area (Å²) in [4.78, 5) is 36.0. The van der Waals surface area contributed by atoms with Crippen LogP contribution in [0.3, 0.4) is 0 Å². The summed E-state index contributed by atoms with van der Waals surface area (Å²) in [5.41, 5.74) is 8.63. The molecule has 0 saturated carbocycles. The topological polar surface area (TPSA) is 207 Å². The summed E-state index contributed by atoms with van der Waals surface area (Å²) in [6, 6.07) is 1.89. The number of hydrogen-bond acceptors (Lipinski definition) is 7. The van der Waals surface area contributed by atoms with Gasteiger partial charge in [-0.15, -0.1) is 0 Å². The number of amides is 1. The zero-order valence-corrected chi connectivity index (χ0v) is 15.5. The standard InChI is InChI=1S/C13H18N4O.C4H6O6/c1-7-4-3-5-9-6-10(8(2)16-11(7)9)12(18)17-13(14)15;5-1(3(7)8)2(6)4(9)10/h6-7H,3-5H2,1-2H3,(H4,14,15,17,18);1-2,5-6H,(H,7,8)(H,9,10). The maximum atomic E-state index is 11.9. The number of aryl methyl sites for hydroxylation is 2. The van der Waals surface area contributed by atoms with Crippen molar-refractivity contribution in [3.63, 3.8) is 0 Å². The number of nitrogens with two attached hydrogens (primary N) is 1. The molecule has 0 bridgehead atoms. The van der Waals surface area contributed by atoms with Crippen molar-refractivity contribution in [1.29, 1.82) is 5.41 Å². The number of nitrogens with one attached hydrogen (secondary N) is 2. The normalized spacial score (nSPS) is 17.2. The number of pyridine rings is 1. The molecule has 0 saturated heterocycles. The summed E-state index contributed by atoms with van der Waals surface area (Å²) in [5.74, 6) is -3.78. The summed E-state index contributed by atoms with van der Waals surface area (Å²) in [7, 11) is 0. The number of aromatic nitrogens is 1. The Hall–Kier alpha value is -3.05. The average Bonchev–Trinajstić information content (AvgIpc) is 2.60. The lowest BCUT2D eigenvalue weighted by Crippen LogP contribution is -2.39. The van der Waals surface area contributed by atoms with E-state index in [0.29, 0.717) is 17.2 Å². The number of aliphatic hydroxyl groups excluding tert-OH is 2. The molecule has 1 aliphatic carbocycles. The van der Waals surface area contributed by atoms with Crippen molar-refractivity contribution in [2.75, 3.05) is 0 Å². The third-order valence-electron chi connectivity index (χ3n) is 4.17. The number of rotatable bonds is 4. The van der Waals surface area contributed by atoms with Gasteiger partial charge in [-0.2, -0.15) is 0 Å². The number of nitrogens with zero attached hydrogens (tertiary/aromatic N) is 1. The van der Waals surface area contributed by atoms with Crippen molar-refractivity contribution in [1.82, 2.24) is 10.3 Å². The van der Waals surface area contributed by atoms with Crippen molar-refractivity contribution >= 4 is 23.8 Å². The third kappa shape index (κ3) is 5.99. The first-order chi connectivity index (χ1) is 13.0. The largest absolute Gasteiger partial charge is 0.479 e. The number of carbonyl (C=O) groups excluding carboxylic acids is 1. The van der Waals surface area contributed by atoms with Crippen LogP contribution in [-0.2, 0) is 16.0 Å². The lowest BCUT2D eigenvalue weighted by Gasteiger charge is -2.22. The van der Waals surface area contributed by atoms with Gasteiger partial charge in [0.15, 0.2) is 18.2 Å². The van der Waals surface area contributed by atoms with Crippen molar-refractivity contribution in [2.45, 2.75) is 51.2 Å². The van der Waals surface area contributed by atoms with E-state index in [1.807, 2.05) is 13.0 Å². The molecular formula is C17H24N4O7. The van der Waals surface area contributed by atoms with Crippen molar-refractivity contribution < 1.29 is 34.8 Å². The number of carbonyl (C=O) groups is 3. The van der Waals surface area contributed by atoms with Gasteiger partial charge in [-0.05, 0) is 43.7 Å². The van der Waals surface area contributed by atoms with Gasteiger partial charge in [0.05, 0.1) is 11.3 Å². The van der Waals surface area contributed by atoms with Crippen LogP contribution in [0.4, 0.5) is 0 Å². The fourth-order valence-corrected chi connectivity index (χ4v) is 2.72. The SMILES string of the molecule is Cc1nc2c(cc1C(=O)NC(=N)N)CCCC2C.O=C(O)C(O)C(O)C(=O)O. The Kier molecular flexibility index (Phi) is 8.01. The highest BCUT2D eigenvalue weighted by atomic mass is 16.4. The first-order valence-electron chi connectivity index (χ1n) is 8.43. The summed E-state index contributed by atoms with van der Waals surface area (Å²) in [5, 5.41) is 41.9. The highest BCUT2D eigenvalue weighted by molar-refractivity contribution is 6.05. The molecule has 0 fully saturated rings. The van der Waals surface area contributed by atoms with Gasteiger partial charge < -0.3 is 26.2 Å². The molecule has 0 aliphatic heterocycles. The second-order valence-corrected chi connectivity index (χ2v) is 6.39. The molecule has 28 heavy (non-hydrogen) atoms. The first-order valence-corrected chi connectivity index (χ1v) is 8.43. The molecule has 0 spiro atoms. The number of carboxylic acids is 2. The van der Waals surface area contributed by atoms with E-state index in [-0.39, 0.29) is 11.9 Å². The van der Waals surface area contributed by atoms with Crippen molar-refractivity contribution in [3.05, 3.63) is 28.6 Å². The first kappa shape index (κ1) is 23.0. The Morgan fingerprint density at radius 2 is 1.79 bits per heavy atom. The Morgan fingerprint density at radius 1 is 1.25 bits per heavy atom. The number of fused-ring (bicyclic) bond motifs is 1. The van der Waals surface area contributed by atoms with Crippen LogP contribution in [0.1, 0.15) is 53.0 Å². The molecule has 11 heteroatoms. The van der Waals surface area contributed by atoms with Gasteiger partial charge in [-0.25, -0.2) is 9.59 Å². The van der Waals surface area contributed by atoms with Gasteiger partial charge in [-0.1, -0.05) is 6.92 Å². The van der Waals surface area contributed by atoms with Gasteiger partial charge in [-0.3, -0.25) is 20.5 Å². The van der Waals surface area contributed by atoms with Crippen molar-refractivity contribution in [2.24, 2.45) is 5.73 Å². The highest BCUT2D eigenvalue weighted by Gasteiger charge is 2.29. The van der Waals surface area contributed by atoms with E-state index in [1.54, 1.807) is 0 Å². The molecule has 0 aromatic carbocycles. The zero-order chi connectivity index (χ0) is 21.6. The van der Waals surface area contributed by atoms with E-state index in [9.17, 15) is 14.4 Å². The van der Waals surface area contributed by atoms with Crippen LogP contribution in [0.5, 0.6) is 0 Å². The number of aliphatic carboxylic acids is 2. The van der Waals surface area contributed by atoms with E-state index in [1.165, 1.54) is 0 Å². The number of hydrogen-bond donors (Lipinski definition) is 7. The molecule has 1 heterocycles. The lowest BCUT2D eigenvalue weighted by molar-refractivity contribution is -0.165. The molecule has 0 radical (unpaired) electrons. The van der Waals surface area contributed by atoms with Crippen LogP contribution in [0.25, 0.3) is 0 Å². The van der Waals surface area contributed by atoms with Crippen LogP contribution >= 0.6 is 0 Å². The smallest absolute Gasteiger partial charge is 0.335 e. The van der Waals surface area contributed by atoms with E-state index in [0.717, 1.165) is 30.5 Å². The molecule has 3 atom stereocenters. The Balaban J connectivity index is 0.000000336. The quantitative estimate of drug-likeness (QED) is 0.254. The second kappa shape index (κ2) is 9.76. The van der Waals surface area contributed by atoms with Gasteiger partial charge in [0.1, 0.15) is 0 Å². The van der Waals surface area contributed by atoms with Crippen LogP contribution < -0.4 is 11.1 Å². The maximum absolute atomic E-state index is 11.9. The zero-order valence-electron chi connectivity index (χ0n) is 15.5. The summed E-state index contributed by atoms with van der Waals surface area (Å²) < 4.78 is 0. The minimum atomic E-state index is -2.27. The van der Waals surface area contributed by atoms with Gasteiger partial charge in [0.25, 0.3) is 5.91 Å². The lowest BCUT2D eigenvalue weighted by atomic mass is 9.87. The average molecular weight is 396 g/mol. The van der Waals surface area contributed by atoms with Crippen LogP contribution in [-0.4, -0.2) is 61.4 Å². The molecule has 1 aromatic rings. The second-order valence-electron chi connectivity index (χ2n) is 6.39. The van der Waals surface area contributed by atoms with Gasteiger partial charge >= 0.3 is 11.9 Å². The van der Waals surface area contributed by atoms with Gasteiger partial charge in [0, 0.05) is 5.69 Å². The van der Waals surface area contributed by atoms with E-state index < -0.39 is 24.1 Å². The number of carboxylic acid groups (broad SMARTS) is 2.